The number of carbonyl (C=O) groups excluding carboxylic acids is 2. The molecule has 0 spiro atoms. The SMILES string of the molecule is NCCCNc1c(N)ccc2c1C(=O)c1ccccc1C2=O. The summed E-state index contributed by atoms with van der Waals surface area (Å²) >= 11 is 0. The highest BCUT2D eigenvalue weighted by atomic mass is 16.1. The van der Waals surface area contributed by atoms with Crippen LogP contribution < -0.4 is 16.8 Å². The van der Waals surface area contributed by atoms with Crippen LogP contribution in [-0.4, -0.2) is 24.7 Å². The molecule has 5 heteroatoms. The van der Waals surface area contributed by atoms with Crippen LogP contribution in [0.1, 0.15) is 38.3 Å². The Bertz CT molecular complexity index is 768. The quantitative estimate of drug-likeness (QED) is 0.503. The molecule has 3 rings (SSSR count). The zero-order valence-corrected chi connectivity index (χ0v) is 12.1. The highest BCUT2D eigenvalue weighted by Gasteiger charge is 2.32. The lowest BCUT2D eigenvalue weighted by molar-refractivity contribution is 0.0979. The number of anilines is 2. The molecule has 2 aromatic carbocycles. The van der Waals surface area contributed by atoms with Crippen LogP contribution in [-0.2, 0) is 0 Å². The van der Waals surface area contributed by atoms with Crippen LogP contribution in [0.3, 0.4) is 0 Å². The summed E-state index contributed by atoms with van der Waals surface area (Å²) in [6.45, 7) is 1.14. The largest absolute Gasteiger partial charge is 0.397 e. The molecule has 0 radical (unpaired) electrons. The van der Waals surface area contributed by atoms with E-state index in [9.17, 15) is 9.59 Å². The van der Waals surface area contributed by atoms with Crippen molar-refractivity contribution in [3.8, 4) is 0 Å². The number of carbonyl (C=O) groups is 2. The molecule has 0 atom stereocenters. The van der Waals surface area contributed by atoms with E-state index in [1.54, 1.807) is 36.4 Å². The van der Waals surface area contributed by atoms with Gasteiger partial charge < -0.3 is 16.8 Å². The summed E-state index contributed by atoms with van der Waals surface area (Å²) in [6.07, 6.45) is 0.752. The monoisotopic (exact) mass is 295 g/mol. The van der Waals surface area contributed by atoms with Crippen molar-refractivity contribution in [2.24, 2.45) is 5.73 Å². The molecule has 2 aromatic rings. The van der Waals surface area contributed by atoms with Gasteiger partial charge in [0.05, 0.1) is 16.9 Å². The van der Waals surface area contributed by atoms with Crippen molar-refractivity contribution in [2.75, 3.05) is 24.1 Å². The molecule has 5 nitrogen and oxygen atoms in total. The third-order valence-electron chi connectivity index (χ3n) is 3.81. The second-order valence-electron chi connectivity index (χ2n) is 5.23. The topological polar surface area (TPSA) is 98.2 Å². The predicted octanol–water partition coefficient (Wildman–Crippen LogP) is 1.80. The fourth-order valence-electron chi connectivity index (χ4n) is 2.71. The Labute approximate surface area is 128 Å². The minimum absolute atomic E-state index is 0.146. The zero-order chi connectivity index (χ0) is 15.7. The van der Waals surface area contributed by atoms with E-state index in [1.165, 1.54) is 0 Å². The normalized spacial score (nSPS) is 12.8. The number of nitrogens with two attached hydrogens (primary N) is 2. The molecular formula is C17H17N3O2. The van der Waals surface area contributed by atoms with Gasteiger partial charge in [0.25, 0.3) is 0 Å². The molecular weight excluding hydrogens is 278 g/mol. The number of rotatable bonds is 4. The van der Waals surface area contributed by atoms with Crippen molar-refractivity contribution in [3.63, 3.8) is 0 Å². The molecule has 1 aliphatic carbocycles. The third kappa shape index (κ3) is 2.16. The maximum atomic E-state index is 12.8. The minimum Gasteiger partial charge on any atom is -0.397 e. The zero-order valence-electron chi connectivity index (χ0n) is 12.1. The molecule has 22 heavy (non-hydrogen) atoms. The Morgan fingerprint density at radius 3 is 2.27 bits per heavy atom. The van der Waals surface area contributed by atoms with Crippen LogP contribution in [0.2, 0.25) is 0 Å². The lowest BCUT2D eigenvalue weighted by Crippen LogP contribution is -2.23. The van der Waals surface area contributed by atoms with Gasteiger partial charge in [0.15, 0.2) is 11.6 Å². The standard InChI is InChI=1S/C17H17N3O2/c18-8-3-9-20-15-13(19)7-6-12-14(15)17(22)11-5-2-1-4-10(11)16(12)21/h1-2,4-7,20H,3,8-9,18-19H2. The summed E-state index contributed by atoms with van der Waals surface area (Å²) in [5, 5.41) is 3.15. The van der Waals surface area contributed by atoms with Crippen LogP contribution in [0.4, 0.5) is 11.4 Å². The van der Waals surface area contributed by atoms with Crippen LogP contribution >= 0.6 is 0 Å². The second kappa shape index (κ2) is 5.61. The van der Waals surface area contributed by atoms with Gasteiger partial charge >= 0.3 is 0 Å². The van der Waals surface area contributed by atoms with Gasteiger partial charge in [-0.3, -0.25) is 9.59 Å². The smallest absolute Gasteiger partial charge is 0.196 e. The van der Waals surface area contributed by atoms with Gasteiger partial charge in [-0.05, 0) is 25.1 Å². The highest BCUT2D eigenvalue weighted by Crippen LogP contribution is 2.35. The summed E-state index contributed by atoms with van der Waals surface area (Å²) in [4.78, 5) is 25.4. The number of hydrogen-bond donors (Lipinski definition) is 3. The molecule has 0 heterocycles. The van der Waals surface area contributed by atoms with Gasteiger partial charge in [0.2, 0.25) is 0 Å². The summed E-state index contributed by atoms with van der Waals surface area (Å²) in [7, 11) is 0. The molecule has 0 amide bonds. The van der Waals surface area contributed by atoms with Crippen molar-refractivity contribution < 1.29 is 9.59 Å². The molecule has 0 saturated heterocycles. The van der Waals surface area contributed by atoms with E-state index in [1.807, 2.05) is 0 Å². The first-order chi connectivity index (χ1) is 10.6. The molecule has 0 unspecified atom stereocenters. The Morgan fingerprint density at radius 2 is 1.59 bits per heavy atom. The van der Waals surface area contributed by atoms with Gasteiger partial charge in [0, 0.05) is 23.2 Å². The molecule has 0 bridgehead atoms. The first-order valence-electron chi connectivity index (χ1n) is 7.20. The fourth-order valence-corrected chi connectivity index (χ4v) is 2.71. The van der Waals surface area contributed by atoms with Crippen molar-refractivity contribution in [2.45, 2.75) is 6.42 Å². The van der Waals surface area contributed by atoms with Crippen molar-refractivity contribution in [3.05, 3.63) is 58.7 Å². The van der Waals surface area contributed by atoms with Gasteiger partial charge in [-0.1, -0.05) is 24.3 Å². The summed E-state index contributed by atoms with van der Waals surface area (Å²) in [5.41, 5.74) is 14.1. The van der Waals surface area contributed by atoms with E-state index in [0.29, 0.717) is 46.7 Å². The average molecular weight is 295 g/mol. The van der Waals surface area contributed by atoms with Crippen molar-refractivity contribution in [1.82, 2.24) is 0 Å². The van der Waals surface area contributed by atoms with Gasteiger partial charge in [-0.15, -0.1) is 0 Å². The lowest BCUT2D eigenvalue weighted by Gasteiger charge is -2.22. The van der Waals surface area contributed by atoms with Crippen LogP contribution in [0.15, 0.2) is 36.4 Å². The molecule has 0 fully saturated rings. The van der Waals surface area contributed by atoms with Gasteiger partial charge in [-0.25, -0.2) is 0 Å². The Balaban J connectivity index is 2.14. The number of ketones is 2. The maximum absolute atomic E-state index is 12.8. The van der Waals surface area contributed by atoms with E-state index >= 15 is 0 Å². The van der Waals surface area contributed by atoms with E-state index in [-0.39, 0.29) is 11.6 Å². The first-order valence-corrected chi connectivity index (χ1v) is 7.20. The van der Waals surface area contributed by atoms with Gasteiger partial charge in [-0.2, -0.15) is 0 Å². The van der Waals surface area contributed by atoms with E-state index in [2.05, 4.69) is 5.32 Å². The van der Waals surface area contributed by atoms with Crippen molar-refractivity contribution >= 4 is 22.9 Å². The van der Waals surface area contributed by atoms with E-state index in [0.717, 1.165) is 6.42 Å². The molecule has 1 aliphatic rings. The number of fused-ring (bicyclic) bond motifs is 2. The number of nitrogens with one attached hydrogen (secondary N) is 1. The Kier molecular flexibility index (Phi) is 3.65. The summed E-state index contributed by atoms with van der Waals surface area (Å²) in [6, 6.07) is 10.1. The number of benzene rings is 2. The summed E-state index contributed by atoms with van der Waals surface area (Å²) < 4.78 is 0. The average Bonchev–Trinajstić information content (AvgIpc) is 2.54. The van der Waals surface area contributed by atoms with Crippen molar-refractivity contribution in [1.29, 1.82) is 0 Å². The van der Waals surface area contributed by atoms with E-state index in [4.69, 9.17) is 11.5 Å². The number of nitrogen functional groups attached to an aromatic ring is 1. The lowest BCUT2D eigenvalue weighted by atomic mass is 9.83. The maximum Gasteiger partial charge on any atom is 0.196 e. The molecule has 5 N–H and O–H groups in total. The predicted molar refractivity (Wildman–Crippen MR) is 86.3 cm³/mol. The summed E-state index contributed by atoms with van der Waals surface area (Å²) in [5.74, 6) is -0.320. The molecule has 112 valence electrons. The molecule has 0 saturated carbocycles. The Morgan fingerprint density at radius 1 is 0.909 bits per heavy atom. The van der Waals surface area contributed by atoms with E-state index < -0.39 is 0 Å². The van der Waals surface area contributed by atoms with Crippen LogP contribution in [0.25, 0.3) is 0 Å². The third-order valence-corrected chi connectivity index (χ3v) is 3.81. The Hall–Kier alpha value is -2.66. The molecule has 0 aliphatic heterocycles. The molecule has 0 aromatic heterocycles. The van der Waals surface area contributed by atoms with Gasteiger partial charge in [0.1, 0.15) is 0 Å². The van der Waals surface area contributed by atoms with Crippen LogP contribution in [0, 0.1) is 0 Å². The highest BCUT2D eigenvalue weighted by molar-refractivity contribution is 6.30. The minimum atomic E-state index is -0.173. The van der Waals surface area contributed by atoms with Crippen LogP contribution in [0.5, 0.6) is 0 Å². The first kappa shape index (κ1) is 14.3. The number of hydrogen-bond acceptors (Lipinski definition) is 5. The second-order valence-corrected chi connectivity index (χ2v) is 5.23. The fraction of sp³-hybridized carbons (Fsp3) is 0.176.